The monoisotopic (exact) mass is 303 g/mol. The van der Waals surface area contributed by atoms with Crippen LogP contribution in [0.3, 0.4) is 0 Å². The molecule has 3 aromatic carbocycles. The maximum absolute atomic E-state index is 10.4. The highest BCUT2D eigenvalue weighted by Crippen LogP contribution is 2.21. The highest BCUT2D eigenvalue weighted by molar-refractivity contribution is 5.98. The molecule has 3 aromatic rings. The summed E-state index contributed by atoms with van der Waals surface area (Å²) in [4.78, 5) is 10.4. The van der Waals surface area contributed by atoms with E-state index in [4.69, 9.17) is 5.26 Å². The van der Waals surface area contributed by atoms with Gasteiger partial charge in [0, 0.05) is 0 Å². The third kappa shape index (κ3) is 4.18. The molecule has 0 aliphatic rings. The minimum absolute atomic E-state index is 0.156. The molecule has 3 heteroatoms. The van der Waals surface area contributed by atoms with Gasteiger partial charge in [-0.25, -0.2) is 4.79 Å². The summed E-state index contributed by atoms with van der Waals surface area (Å²) in [6.45, 7) is 5.10. The van der Waals surface area contributed by atoms with Crippen LogP contribution >= 0.6 is 0 Å². The molecule has 0 aromatic heterocycles. The zero-order chi connectivity index (χ0) is 16.7. The molecule has 0 fully saturated rings. The van der Waals surface area contributed by atoms with Crippen LogP contribution in [0.2, 0.25) is 0 Å². The van der Waals surface area contributed by atoms with E-state index in [1.165, 1.54) is 21.5 Å². The van der Waals surface area contributed by atoms with E-state index in [2.05, 4.69) is 72.0 Å². The Bertz CT molecular complexity index is 786. The smallest absolute Gasteiger partial charge is 0.348 e. The van der Waals surface area contributed by atoms with Crippen molar-refractivity contribution in [2.24, 2.45) is 0 Å². The quantitative estimate of drug-likeness (QED) is 0.300. The Morgan fingerprint density at radius 2 is 1.39 bits per heavy atom. The van der Waals surface area contributed by atoms with Gasteiger partial charge in [0.2, 0.25) is 0 Å². The Morgan fingerprint density at radius 1 is 1.00 bits per heavy atom. The number of hydrogen-bond donors (Lipinski definition) is 0. The summed E-state index contributed by atoms with van der Waals surface area (Å²) in [6, 6.07) is 23.0. The second-order valence-corrected chi connectivity index (χ2v) is 4.86. The first-order valence-corrected chi connectivity index (χ1v) is 7.29. The van der Waals surface area contributed by atoms with Crippen molar-refractivity contribution in [2.45, 2.75) is 6.92 Å². The van der Waals surface area contributed by atoms with Crippen molar-refractivity contribution in [1.82, 2.24) is 0 Å². The van der Waals surface area contributed by atoms with E-state index in [1.807, 2.05) is 0 Å². The van der Waals surface area contributed by atoms with Gasteiger partial charge in [-0.05, 0) is 40.6 Å². The molecule has 0 bridgehead atoms. The van der Waals surface area contributed by atoms with Gasteiger partial charge >= 0.3 is 5.97 Å². The lowest BCUT2D eigenvalue weighted by Crippen LogP contribution is -2.04. The number of esters is 1. The molecule has 0 atom stereocenters. The summed E-state index contributed by atoms with van der Waals surface area (Å²) in [6.07, 6.45) is 0. The van der Waals surface area contributed by atoms with Crippen molar-refractivity contribution < 1.29 is 9.53 Å². The summed E-state index contributed by atoms with van der Waals surface area (Å²) in [5.41, 5.74) is -0.156. The molecular weight excluding hydrogens is 286 g/mol. The van der Waals surface area contributed by atoms with E-state index in [1.54, 1.807) is 13.0 Å². The van der Waals surface area contributed by atoms with Crippen LogP contribution in [0, 0.1) is 11.3 Å². The number of rotatable bonds is 2. The van der Waals surface area contributed by atoms with Crippen molar-refractivity contribution in [1.29, 1.82) is 5.26 Å². The van der Waals surface area contributed by atoms with Crippen LogP contribution in [0.5, 0.6) is 0 Å². The normalized spacial score (nSPS) is 9.57. The standard InChI is InChI=1S/C14H10.C6H7NO2/c1-2-6-12-10-14-8-4-3-7-13(14)9-11(12)5-1;1-3-9-6(8)5(2)4-7/h1-10H;2-3H2,1H3. The number of nitrogens with zero attached hydrogens (tertiary/aromatic N) is 1. The third-order valence-corrected chi connectivity index (χ3v) is 3.27. The summed E-state index contributed by atoms with van der Waals surface area (Å²) in [7, 11) is 0. The molecule has 0 amide bonds. The van der Waals surface area contributed by atoms with Crippen LogP contribution in [0.1, 0.15) is 6.92 Å². The predicted molar refractivity (Wildman–Crippen MR) is 92.8 cm³/mol. The average Bonchev–Trinajstić information content (AvgIpc) is 2.60. The van der Waals surface area contributed by atoms with Crippen molar-refractivity contribution in [3.05, 3.63) is 72.8 Å². The van der Waals surface area contributed by atoms with Crippen molar-refractivity contribution in [2.75, 3.05) is 6.61 Å². The zero-order valence-corrected chi connectivity index (χ0v) is 13.0. The van der Waals surface area contributed by atoms with Gasteiger partial charge in [-0.1, -0.05) is 55.1 Å². The highest BCUT2D eigenvalue weighted by atomic mass is 16.5. The molecule has 0 saturated carbocycles. The third-order valence-electron chi connectivity index (χ3n) is 3.27. The largest absolute Gasteiger partial charge is 0.462 e. The van der Waals surface area contributed by atoms with E-state index in [0.717, 1.165) is 0 Å². The average molecular weight is 303 g/mol. The zero-order valence-electron chi connectivity index (χ0n) is 13.0. The van der Waals surface area contributed by atoms with Gasteiger partial charge in [-0.2, -0.15) is 5.26 Å². The summed E-state index contributed by atoms with van der Waals surface area (Å²) >= 11 is 0. The van der Waals surface area contributed by atoms with Crippen LogP contribution < -0.4 is 0 Å². The van der Waals surface area contributed by atoms with Crippen molar-refractivity contribution in [3.8, 4) is 6.07 Å². The molecule has 0 radical (unpaired) electrons. The molecular formula is C20H17NO2. The highest BCUT2D eigenvalue weighted by Gasteiger charge is 2.04. The Morgan fingerprint density at radius 3 is 1.70 bits per heavy atom. The number of hydrogen-bond acceptors (Lipinski definition) is 3. The lowest BCUT2D eigenvalue weighted by atomic mass is 10.0. The molecule has 23 heavy (non-hydrogen) atoms. The van der Waals surface area contributed by atoms with E-state index in [9.17, 15) is 4.79 Å². The second kappa shape index (κ2) is 7.77. The summed E-state index contributed by atoms with van der Waals surface area (Å²) in [5, 5.41) is 13.3. The topological polar surface area (TPSA) is 50.1 Å². The van der Waals surface area contributed by atoms with Gasteiger partial charge in [-0.15, -0.1) is 0 Å². The Balaban J connectivity index is 0.000000188. The minimum atomic E-state index is -0.639. The number of carbonyl (C=O) groups is 1. The second-order valence-electron chi connectivity index (χ2n) is 4.86. The first-order chi connectivity index (χ1) is 11.2. The number of fused-ring (bicyclic) bond motifs is 2. The van der Waals surface area contributed by atoms with E-state index >= 15 is 0 Å². The van der Waals surface area contributed by atoms with Gasteiger partial charge in [-0.3, -0.25) is 0 Å². The maximum Gasteiger partial charge on any atom is 0.348 e. The van der Waals surface area contributed by atoms with Crippen molar-refractivity contribution in [3.63, 3.8) is 0 Å². The number of carbonyl (C=O) groups excluding carboxylic acids is 1. The molecule has 0 aliphatic carbocycles. The lowest BCUT2D eigenvalue weighted by Gasteiger charge is -2.00. The van der Waals surface area contributed by atoms with Crippen LogP contribution in [-0.4, -0.2) is 12.6 Å². The predicted octanol–water partition coefficient (Wildman–Crippen LogP) is 4.62. The van der Waals surface area contributed by atoms with Crippen LogP contribution in [-0.2, 0) is 9.53 Å². The Hall–Kier alpha value is -3.12. The van der Waals surface area contributed by atoms with Crippen LogP contribution in [0.4, 0.5) is 0 Å². The van der Waals surface area contributed by atoms with E-state index < -0.39 is 5.97 Å². The van der Waals surface area contributed by atoms with Gasteiger partial charge in [0.05, 0.1) is 6.61 Å². The van der Waals surface area contributed by atoms with Gasteiger partial charge < -0.3 is 4.74 Å². The fourth-order valence-corrected chi connectivity index (χ4v) is 2.15. The van der Waals surface area contributed by atoms with Crippen LogP contribution in [0.15, 0.2) is 72.8 Å². The van der Waals surface area contributed by atoms with Gasteiger partial charge in [0.1, 0.15) is 11.6 Å². The fraction of sp³-hybridized carbons (Fsp3) is 0.100. The lowest BCUT2D eigenvalue weighted by molar-refractivity contribution is -0.137. The first kappa shape index (κ1) is 16.3. The molecule has 114 valence electrons. The number of nitriles is 1. The van der Waals surface area contributed by atoms with E-state index in [0.29, 0.717) is 0 Å². The SMILES string of the molecule is C=C(C#N)C(=O)OCC.c1ccc2cc3ccccc3cc2c1. The Kier molecular flexibility index (Phi) is 5.49. The molecule has 0 N–H and O–H groups in total. The fourth-order valence-electron chi connectivity index (χ4n) is 2.15. The first-order valence-electron chi connectivity index (χ1n) is 7.29. The minimum Gasteiger partial charge on any atom is -0.462 e. The number of benzene rings is 3. The Labute approximate surface area is 135 Å². The molecule has 0 heterocycles. The summed E-state index contributed by atoms with van der Waals surface area (Å²) in [5.74, 6) is -0.639. The van der Waals surface area contributed by atoms with Gasteiger partial charge in [0.25, 0.3) is 0 Å². The molecule has 3 rings (SSSR count). The number of ether oxygens (including phenoxy) is 1. The molecule has 0 aliphatic heterocycles. The summed E-state index contributed by atoms with van der Waals surface area (Å²) < 4.78 is 4.43. The maximum atomic E-state index is 10.4. The van der Waals surface area contributed by atoms with Gasteiger partial charge in [0.15, 0.2) is 0 Å². The molecule has 0 unspecified atom stereocenters. The molecule has 3 nitrogen and oxygen atoms in total. The van der Waals surface area contributed by atoms with Crippen molar-refractivity contribution >= 4 is 27.5 Å². The van der Waals surface area contributed by atoms with E-state index in [-0.39, 0.29) is 12.2 Å². The molecule has 0 spiro atoms. The van der Waals surface area contributed by atoms with Crippen LogP contribution in [0.25, 0.3) is 21.5 Å². The molecule has 0 saturated heterocycles.